The van der Waals surface area contributed by atoms with Crippen molar-refractivity contribution in [2.24, 2.45) is 0 Å². The van der Waals surface area contributed by atoms with Gasteiger partial charge in [-0.1, -0.05) is 6.07 Å². The number of nitrogens with one attached hydrogen (secondary N) is 4. The van der Waals surface area contributed by atoms with Crippen molar-refractivity contribution in [3.8, 4) is 5.75 Å². The van der Waals surface area contributed by atoms with Crippen molar-refractivity contribution < 1.29 is 23.9 Å². The van der Waals surface area contributed by atoms with Crippen molar-refractivity contribution in [1.82, 2.24) is 15.4 Å². The fraction of sp³-hybridized carbons (Fsp3) is 0.292. The van der Waals surface area contributed by atoms with Crippen LogP contribution < -0.4 is 26.2 Å². The zero-order chi connectivity index (χ0) is 24.9. The minimum absolute atomic E-state index is 0.0363. The highest BCUT2D eigenvalue weighted by Crippen LogP contribution is 2.23. The van der Waals surface area contributed by atoms with Crippen LogP contribution in [0.3, 0.4) is 0 Å². The Kier molecular flexibility index (Phi) is 10.0. The lowest BCUT2D eigenvalue weighted by atomic mass is 10.2. The topological polar surface area (TPSA) is 130 Å². The lowest BCUT2D eigenvalue weighted by Gasteiger charge is -2.12. The van der Waals surface area contributed by atoms with E-state index in [9.17, 15) is 9.18 Å². The molecule has 0 aliphatic heterocycles. The van der Waals surface area contributed by atoms with Crippen molar-refractivity contribution >= 4 is 34.7 Å². The number of unbranched alkanes of at least 4 members (excludes halogenated alkanes) is 1. The third kappa shape index (κ3) is 8.72. The molecule has 0 bridgehead atoms. The Morgan fingerprint density at radius 2 is 1.83 bits per heavy atom. The van der Waals surface area contributed by atoms with Gasteiger partial charge in [-0.05, 0) is 55.3 Å². The molecule has 0 saturated heterocycles. The molecule has 0 unspecified atom stereocenters. The second kappa shape index (κ2) is 13.7. The number of nitrogens with zero attached hydrogens (tertiary/aromatic N) is 2. The van der Waals surface area contributed by atoms with Crippen LogP contribution in [0.2, 0.25) is 0 Å². The van der Waals surface area contributed by atoms with Crippen molar-refractivity contribution in [3.63, 3.8) is 0 Å². The summed E-state index contributed by atoms with van der Waals surface area (Å²) in [6, 6.07) is 14.6. The molecule has 3 rings (SSSR count). The second-order valence-electron chi connectivity index (χ2n) is 7.51. The molecular formula is C24H29FN6O4. The van der Waals surface area contributed by atoms with Gasteiger partial charge in [-0.25, -0.2) is 14.9 Å². The molecule has 0 aliphatic rings. The maximum atomic E-state index is 14.4. The van der Waals surface area contributed by atoms with Crippen LogP contribution >= 0.6 is 0 Å². The molecule has 35 heavy (non-hydrogen) atoms. The zero-order valence-electron chi connectivity index (χ0n) is 19.4. The number of carbonyl (C=O) groups is 1. The molecular weight excluding hydrogens is 455 g/mol. The van der Waals surface area contributed by atoms with Crippen LogP contribution in [0, 0.1) is 5.82 Å². The molecule has 0 radical (unpaired) electrons. The standard InChI is InChI=1S/C24H29FN6O4/c1-34-13-14-35-20-10-8-17(9-11-20)29-24-27-16-21(25)23(30-24)28-19-6-4-5-18(15-19)26-12-3-2-7-22(32)31-33/h4-6,8-11,15-16,26,33H,2-3,7,12-14H2,1H3,(H,31,32)(H2,27,28,29,30). The van der Waals surface area contributed by atoms with Gasteiger partial charge < -0.3 is 25.4 Å². The van der Waals surface area contributed by atoms with Gasteiger partial charge >= 0.3 is 0 Å². The van der Waals surface area contributed by atoms with E-state index in [1.807, 2.05) is 30.3 Å². The highest BCUT2D eigenvalue weighted by Gasteiger charge is 2.09. The van der Waals surface area contributed by atoms with Gasteiger partial charge in [0.05, 0.1) is 12.8 Å². The van der Waals surface area contributed by atoms with Gasteiger partial charge in [-0.2, -0.15) is 4.98 Å². The summed E-state index contributed by atoms with van der Waals surface area (Å²) < 4.78 is 24.9. The number of hydroxylamine groups is 1. The average Bonchev–Trinajstić information content (AvgIpc) is 2.87. The molecule has 0 aliphatic carbocycles. The average molecular weight is 485 g/mol. The summed E-state index contributed by atoms with van der Waals surface area (Å²) in [4.78, 5) is 19.3. The summed E-state index contributed by atoms with van der Waals surface area (Å²) in [5.74, 6) is -0.00432. The normalized spacial score (nSPS) is 10.5. The van der Waals surface area contributed by atoms with E-state index in [0.717, 1.165) is 24.0 Å². The van der Waals surface area contributed by atoms with E-state index in [1.54, 1.807) is 30.8 Å². The van der Waals surface area contributed by atoms with E-state index in [0.29, 0.717) is 37.6 Å². The van der Waals surface area contributed by atoms with E-state index in [2.05, 4.69) is 25.9 Å². The lowest BCUT2D eigenvalue weighted by Crippen LogP contribution is -2.18. The summed E-state index contributed by atoms with van der Waals surface area (Å²) >= 11 is 0. The molecule has 10 nitrogen and oxygen atoms in total. The number of halogens is 1. The summed E-state index contributed by atoms with van der Waals surface area (Å²) in [6.45, 7) is 1.61. The first kappa shape index (κ1) is 25.7. The molecule has 1 heterocycles. The number of carbonyl (C=O) groups excluding carboxylic acids is 1. The maximum absolute atomic E-state index is 14.4. The van der Waals surface area contributed by atoms with Crippen LogP contribution in [0.1, 0.15) is 19.3 Å². The zero-order valence-corrected chi connectivity index (χ0v) is 19.4. The third-order valence-corrected chi connectivity index (χ3v) is 4.82. The predicted octanol–water partition coefficient (Wildman–Crippen LogP) is 4.22. The molecule has 0 saturated carbocycles. The van der Waals surface area contributed by atoms with E-state index >= 15 is 0 Å². The number of methoxy groups -OCH3 is 1. The van der Waals surface area contributed by atoms with Crippen LogP contribution in [-0.2, 0) is 9.53 Å². The Balaban J connectivity index is 1.56. The highest BCUT2D eigenvalue weighted by atomic mass is 19.1. The number of benzene rings is 2. The van der Waals surface area contributed by atoms with Crippen molar-refractivity contribution in [2.75, 3.05) is 42.8 Å². The quantitative estimate of drug-likeness (QED) is 0.130. The number of aromatic nitrogens is 2. The number of hydrogen-bond acceptors (Lipinski definition) is 9. The predicted molar refractivity (Wildman–Crippen MR) is 131 cm³/mol. The van der Waals surface area contributed by atoms with E-state index in [1.165, 1.54) is 0 Å². The molecule has 1 aromatic heterocycles. The van der Waals surface area contributed by atoms with Gasteiger partial charge in [0.2, 0.25) is 11.9 Å². The maximum Gasteiger partial charge on any atom is 0.243 e. The van der Waals surface area contributed by atoms with Crippen molar-refractivity contribution in [3.05, 3.63) is 60.5 Å². The summed E-state index contributed by atoms with van der Waals surface area (Å²) in [7, 11) is 1.61. The van der Waals surface area contributed by atoms with E-state index < -0.39 is 11.7 Å². The van der Waals surface area contributed by atoms with Crippen LogP contribution in [0.15, 0.2) is 54.7 Å². The van der Waals surface area contributed by atoms with Crippen molar-refractivity contribution in [2.45, 2.75) is 19.3 Å². The SMILES string of the molecule is COCCOc1ccc(Nc2ncc(F)c(Nc3cccc(NCCCCC(=O)NO)c3)n2)cc1. The Labute approximate surface area is 202 Å². The van der Waals surface area contributed by atoms with Crippen LogP contribution in [-0.4, -0.2) is 48.0 Å². The van der Waals surface area contributed by atoms with Crippen LogP contribution in [0.5, 0.6) is 5.75 Å². The molecule has 0 spiro atoms. The third-order valence-electron chi connectivity index (χ3n) is 4.82. The largest absolute Gasteiger partial charge is 0.491 e. The second-order valence-corrected chi connectivity index (χ2v) is 7.51. The van der Waals surface area contributed by atoms with E-state index in [-0.39, 0.29) is 18.2 Å². The number of amides is 1. The van der Waals surface area contributed by atoms with Gasteiger partial charge in [0.1, 0.15) is 12.4 Å². The molecule has 1 amide bonds. The first-order valence-electron chi connectivity index (χ1n) is 11.1. The summed E-state index contributed by atoms with van der Waals surface area (Å²) in [5.41, 5.74) is 3.83. The molecule has 2 aromatic carbocycles. The molecule has 11 heteroatoms. The van der Waals surface area contributed by atoms with Gasteiger partial charge in [-0.15, -0.1) is 0 Å². The first-order valence-corrected chi connectivity index (χ1v) is 11.1. The number of anilines is 5. The van der Waals surface area contributed by atoms with Gasteiger partial charge in [0.15, 0.2) is 11.6 Å². The molecule has 0 atom stereocenters. The monoisotopic (exact) mass is 484 g/mol. The minimum Gasteiger partial charge on any atom is -0.491 e. The number of rotatable bonds is 14. The van der Waals surface area contributed by atoms with Gasteiger partial charge in [-0.3, -0.25) is 10.0 Å². The molecule has 5 N–H and O–H groups in total. The van der Waals surface area contributed by atoms with Crippen molar-refractivity contribution in [1.29, 1.82) is 0 Å². The Morgan fingerprint density at radius 3 is 2.60 bits per heavy atom. The number of hydrogen-bond donors (Lipinski definition) is 5. The summed E-state index contributed by atoms with van der Waals surface area (Å²) in [5, 5.41) is 17.8. The fourth-order valence-electron chi connectivity index (χ4n) is 3.06. The van der Waals surface area contributed by atoms with Crippen LogP contribution in [0.25, 0.3) is 0 Å². The summed E-state index contributed by atoms with van der Waals surface area (Å²) in [6.07, 6.45) is 2.75. The molecule has 3 aromatic rings. The minimum atomic E-state index is -0.585. The fourth-order valence-corrected chi connectivity index (χ4v) is 3.06. The Bertz CT molecular complexity index is 1080. The van der Waals surface area contributed by atoms with Gasteiger partial charge in [0.25, 0.3) is 0 Å². The number of ether oxygens (including phenoxy) is 2. The Hall–Kier alpha value is -3.96. The first-order chi connectivity index (χ1) is 17.1. The smallest absolute Gasteiger partial charge is 0.243 e. The molecule has 186 valence electrons. The lowest BCUT2D eigenvalue weighted by molar-refractivity contribution is -0.129. The van der Waals surface area contributed by atoms with Crippen LogP contribution in [0.4, 0.5) is 33.2 Å². The highest BCUT2D eigenvalue weighted by molar-refractivity contribution is 5.74. The molecule has 0 fully saturated rings. The van der Waals surface area contributed by atoms with E-state index in [4.69, 9.17) is 14.7 Å². The van der Waals surface area contributed by atoms with Gasteiger partial charge in [0, 0.05) is 37.1 Å². The Morgan fingerprint density at radius 1 is 1.03 bits per heavy atom.